The van der Waals surface area contributed by atoms with E-state index in [2.05, 4.69) is 50.3 Å². The molecule has 2 atom stereocenters. The van der Waals surface area contributed by atoms with Gasteiger partial charge in [0.2, 0.25) is 0 Å². The standard InChI is InChI=1S/C20H26O2/c1-16(2)20(14-8-5-9-15-20)18(12-13-19(21)22-3)17-10-6-4-7-11-17/h4,6-8,10-14,16,18H,5,9,15H2,1-3H3/b13-12+/t18-,20+/m0/s1. The molecule has 0 amide bonds. The van der Waals surface area contributed by atoms with Crippen LogP contribution in [-0.4, -0.2) is 13.1 Å². The molecule has 2 rings (SSSR count). The van der Waals surface area contributed by atoms with Crippen LogP contribution in [0.5, 0.6) is 0 Å². The number of methoxy groups -OCH3 is 1. The van der Waals surface area contributed by atoms with E-state index < -0.39 is 0 Å². The van der Waals surface area contributed by atoms with Crippen molar-refractivity contribution in [3.8, 4) is 0 Å². The van der Waals surface area contributed by atoms with Crippen molar-refractivity contribution in [1.29, 1.82) is 0 Å². The molecule has 118 valence electrons. The third-order valence-electron chi connectivity index (χ3n) is 4.85. The molecular formula is C20H26O2. The maximum Gasteiger partial charge on any atom is 0.330 e. The van der Waals surface area contributed by atoms with E-state index in [0.29, 0.717) is 5.92 Å². The Labute approximate surface area is 133 Å². The summed E-state index contributed by atoms with van der Waals surface area (Å²) in [5.41, 5.74) is 1.31. The van der Waals surface area contributed by atoms with Gasteiger partial charge in [0, 0.05) is 17.4 Å². The molecule has 2 heteroatoms. The highest BCUT2D eigenvalue weighted by molar-refractivity contribution is 5.82. The molecule has 0 spiro atoms. The second kappa shape index (κ2) is 7.44. The summed E-state index contributed by atoms with van der Waals surface area (Å²) in [6.07, 6.45) is 11.8. The first-order valence-electron chi connectivity index (χ1n) is 8.09. The second-order valence-corrected chi connectivity index (χ2v) is 6.33. The topological polar surface area (TPSA) is 26.3 Å². The molecule has 1 aliphatic carbocycles. The number of hydrogen-bond acceptors (Lipinski definition) is 2. The Bertz CT molecular complexity index is 542. The van der Waals surface area contributed by atoms with Crippen LogP contribution >= 0.6 is 0 Å². The van der Waals surface area contributed by atoms with Crippen LogP contribution in [0.15, 0.2) is 54.6 Å². The van der Waals surface area contributed by atoms with Crippen LogP contribution in [0.1, 0.15) is 44.6 Å². The molecule has 0 bridgehead atoms. The van der Waals surface area contributed by atoms with Gasteiger partial charge in [-0.3, -0.25) is 0 Å². The fourth-order valence-corrected chi connectivity index (χ4v) is 3.52. The number of esters is 1. The average molecular weight is 298 g/mol. The van der Waals surface area contributed by atoms with Crippen LogP contribution in [0.2, 0.25) is 0 Å². The molecule has 0 unspecified atom stereocenters. The van der Waals surface area contributed by atoms with Crippen molar-refractivity contribution in [3.05, 3.63) is 60.2 Å². The van der Waals surface area contributed by atoms with Crippen molar-refractivity contribution in [2.75, 3.05) is 7.11 Å². The van der Waals surface area contributed by atoms with E-state index in [1.165, 1.54) is 19.1 Å². The molecule has 0 saturated carbocycles. The van der Waals surface area contributed by atoms with Gasteiger partial charge >= 0.3 is 5.97 Å². The third-order valence-corrected chi connectivity index (χ3v) is 4.85. The minimum atomic E-state index is -0.292. The Kier molecular flexibility index (Phi) is 5.59. The van der Waals surface area contributed by atoms with E-state index in [0.717, 1.165) is 12.8 Å². The second-order valence-electron chi connectivity index (χ2n) is 6.33. The Hall–Kier alpha value is -1.83. The molecule has 1 aliphatic rings. The molecule has 0 aromatic heterocycles. The quantitative estimate of drug-likeness (QED) is 0.440. The van der Waals surface area contributed by atoms with E-state index in [-0.39, 0.29) is 17.3 Å². The number of allylic oxidation sites excluding steroid dienone is 3. The summed E-state index contributed by atoms with van der Waals surface area (Å²) in [6.45, 7) is 4.55. The number of rotatable bonds is 5. The summed E-state index contributed by atoms with van der Waals surface area (Å²) < 4.78 is 4.77. The largest absolute Gasteiger partial charge is 0.466 e. The highest BCUT2D eigenvalue weighted by atomic mass is 16.5. The van der Waals surface area contributed by atoms with Crippen molar-refractivity contribution in [2.24, 2.45) is 11.3 Å². The van der Waals surface area contributed by atoms with Gasteiger partial charge in [0.1, 0.15) is 0 Å². The predicted octanol–water partition coefficient (Wildman–Crippen LogP) is 4.88. The van der Waals surface area contributed by atoms with Crippen LogP contribution in [0.4, 0.5) is 0 Å². The zero-order chi connectivity index (χ0) is 16.0. The van der Waals surface area contributed by atoms with E-state index in [4.69, 9.17) is 4.74 Å². The van der Waals surface area contributed by atoms with E-state index >= 15 is 0 Å². The minimum Gasteiger partial charge on any atom is -0.466 e. The van der Waals surface area contributed by atoms with Gasteiger partial charge in [-0.05, 0) is 30.7 Å². The number of benzene rings is 1. The first-order chi connectivity index (χ1) is 10.6. The van der Waals surface area contributed by atoms with Crippen molar-refractivity contribution in [1.82, 2.24) is 0 Å². The van der Waals surface area contributed by atoms with Crippen LogP contribution in [0.3, 0.4) is 0 Å². The summed E-state index contributed by atoms with van der Waals surface area (Å²) in [5.74, 6) is 0.389. The molecule has 22 heavy (non-hydrogen) atoms. The van der Waals surface area contributed by atoms with Crippen molar-refractivity contribution in [3.63, 3.8) is 0 Å². The summed E-state index contributed by atoms with van der Waals surface area (Å²) in [5, 5.41) is 0. The van der Waals surface area contributed by atoms with Crippen LogP contribution < -0.4 is 0 Å². The van der Waals surface area contributed by atoms with Crippen LogP contribution in [-0.2, 0) is 9.53 Å². The maximum atomic E-state index is 11.6. The van der Waals surface area contributed by atoms with E-state index in [1.54, 1.807) is 6.08 Å². The number of carbonyl (C=O) groups excluding carboxylic acids is 1. The normalized spacial score (nSPS) is 22.9. The zero-order valence-electron chi connectivity index (χ0n) is 13.8. The Morgan fingerprint density at radius 2 is 2.00 bits per heavy atom. The molecular weight excluding hydrogens is 272 g/mol. The lowest BCUT2D eigenvalue weighted by atomic mass is 9.61. The molecule has 0 aliphatic heterocycles. The van der Waals surface area contributed by atoms with E-state index in [1.807, 2.05) is 12.1 Å². The molecule has 1 aromatic carbocycles. The summed E-state index contributed by atoms with van der Waals surface area (Å²) in [7, 11) is 1.42. The Morgan fingerprint density at radius 3 is 2.55 bits per heavy atom. The molecule has 0 radical (unpaired) electrons. The SMILES string of the molecule is COC(=O)/C=C/[C@@H](c1ccccc1)[C@]1(C(C)C)C=CCCC1. The van der Waals surface area contributed by atoms with Crippen LogP contribution in [0.25, 0.3) is 0 Å². The lowest BCUT2D eigenvalue weighted by Crippen LogP contribution is -2.33. The maximum absolute atomic E-state index is 11.6. The van der Waals surface area contributed by atoms with Gasteiger partial charge in [0.05, 0.1) is 7.11 Å². The highest BCUT2D eigenvalue weighted by Gasteiger charge is 2.39. The minimum absolute atomic E-state index is 0.0596. The summed E-state index contributed by atoms with van der Waals surface area (Å²) in [6, 6.07) is 10.5. The van der Waals surface area contributed by atoms with Gasteiger partial charge in [-0.25, -0.2) is 4.79 Å². The Balaban J connectivity index is 2.46. The van der Waals surface area contributed by atoms with Crippen molar-refractivity contribution < 1.29 is 9.53 Å². The van der Waals surface area contributed by atoms with E-state index in [9.17, 15) is 4.79 Å². The first kappa shape index (κ1) is 16.5. The molecule has 0 fully saturated rings. The third kappa shape index (κ3) is 3.49. The number of hydrogen-bond donors (Lipinski definition) is 0. The fourth-order valence-electron chi connectivity index (χ4n) is 3.52. The lowest BCUT2D eigenvalue weighted by molar-refractivity contribution is -0.134. The smallest absolute Gasteiger partial charge is 0.330 e. The summed E-state index contributed by atoms with van der Waals surface area (Å²) >= 11 is 0. The molecule has 0 saturated heterocycles. The average Bonchev–Trinajstić information content (AvgIpc) is 2.56. The fraction of sp³-hybridized carbons (Fsp3) is 0.450. The molecule has 2 nitrogen and oxygen atoms in total. The monoisotopic (exact) mass is 298 g/mol. The lowest BCUT2D eigenvalue weighted by Gasteiger charge is -2.43. The van der Waals surface area contributed by atoms with Gasteiger partial charge in [0.15, 0.2) is 0 Å². The number of carbonyl (C=O) groups is 1. The summed E-state index contributed by atoms with van der Waals surface area (Å²) in [4.78, 5) is 11.6. The highest BCUT2D eigenvalue weighted by Crippen LogP contribution is 2.50. The van der Waals surface area contributed by atoms with Gasteiger partial charge in [-0.15, -0.1) is 0 Å². The van der Waals surface area contributed by atoms with Gasteiger partial charge < -0.3 is 4.74 Å². The zero-order valence-corrected chi connectivity index (χ0v) is 13.8. The van der Waals surface area contributed by atoms with Gasteiger partial charge in [0.25, 0.3) is 0 Å². The predicted molar refractivity (Wildman–Crippen MR) is 90.6 cm³/mol. The van der Waals surface area contributed by atoms with Crippen LogP contribution in [0, 0.1) is 11.3 Å². The first-order valence-corrected chi connectivity index (χ1v) is 8.09. The van der Waals surface area contributed by atoms with Gasteiger partial charge in [-0.1, -0.05) is 62.4 Å². The van der Waals surface area contributed by atoms with Gasteiger partial charge in [-0.2, -0.15) is 0 Å². The molecule has 1 aromatic rings. The molecule has 0 N–H and O–H groups in total. The molecule has 0 heterocycles. The van der Waals surface area contributed by atoms with Crippen molar-refractivity contribution >= 4 is 5.97 Å². The number of ether oxygens (including phenoxy) is 1. The Morgan fingerprint density at radius 1 is 1.27 bits per heavy atom. The van der Waals surface area contributed by atoms with Crippen molar-refractivity contribution in [2.45, 2.75) is 39.0 Å².